The van der Waals surface area contributed by atoms with Crippen molar-refractivity contribution in [1.29, 1.82) is 0 Å². The standard InChI is InChI=1S/C15H20BrN3OS/c1-9(6-7-19(2)3)18-15(20)14-13(17)11-8-10(16)4-5-12(11)21-14/h4-5,8-9H,6-7,17H2,1-3H3,(H,18,20). The largest absolute Gasteiger partial charge is 0.397 e. The number of hydrogen-bond donors (Lipinski definition) is 2. The predicted octanol–water partition coefficient (Wildman–Crippen LogP) is 3.32. The smallest absolute Gasteiger partial charge is 0.263 e. The van der Waals surface area contributed by atoms with E-state index in [2.05, 4.69) is 26.1 Å². The molecule has 2 aromatic rings. The number of thiophene rings is 1. The number of nitrogens with zero attached hydrogens (tertiary/aromatic N) is 1. The minimum Gasteiger partial charge on any atom is -0.397 e. The van der Waals surface area contributed by atoms with Gasteiger partial charge in [-0.1, -0.05) is 15.9 Å². The number of nitrogens with two attached hydrogens (primary N) is 1. The second-order valence-corrected chi connectivity index (χ2v) is 7.42. The van der Waals surface area contributed by atoms with Gasteiger partial charge in [-0.2, -0.15) is 0 Å². The van der Waals surface area contributed by atoms with Crippen LogP contribution in [0, 0.1) is 0 Å². The molecule has 4 nitrogen and oxygen atoms in total. The van der Waals surface area contributed by atoms with E-state index in [1.165, 1.54) is 11.3 Å². The summed E-state index contributed by atoms with van der Waals surface area (Å²) in [7, 11) is 4.05. The molecule has 0 spiro atoms. The Morgan fingerprint density at radius 2 is 2.19 bits per heavy atom. The van der Waals surface area contributed by atoms with E-state index < -0.39 is 0 Å². The fourth-order valence-electron chi connectivity index (χ4n) is 2.07. The highest BCUT2D eigenvalue weighted by Crippen LogP contribution is 2.35. The molecule has 114 valence electrons. The molecular weight excluding hydrogens is 350 g/mol. The number of benzene rings is 1. The summed E-state index contributed by atoms with van der Waals surface area (Å²) >= 11 is 4.87. The van der Waals surface area contributed by atoms with Gasteiger partial charge in [0.2, 0.25) is 0 Å². The van der Waals surface area contributed by atoms with E-state index in [0.29, 0.717) is 10.6 Å². The zero-order valence-electron chi connectivity index (χ0n) is 12.4. The van der Waals surface area contributed by atoms with Crippen molar-refractivity contribution < 1.29 is 4.79 Å². The quantitative estimate of drug-likeness (QED) is 0.849. The van der Waals surface area contributed by atoms with Crippen LogP contribution < -0.4 is 11.1 Å². The minimum absolute atomic E-state index is 0.0870. The summed E-state index contributed by atoms with van der Waals surface area (Å²) in [6, 6.07) is 6.01. The first-order chi connectivity index (χ1) is 9.88. The Bertz CT molecular complexity index is 654. The number of nitrogens with one attached hydrogen (secondary N) is 1. The first kappa shape index (κ1) is 16.3. The molecule has 0 bridgehead atoms. The molecule has 0 aliphatic rings. The molecule has 1 heterocycles. The number of amides is 1. The monoisotopic (exact) mass is 369 g/mol. The third-order valence-electron chi connectivity index (χ3n) is 3.28. The average molecular weight is 370 g/mol. The van der Waals surface area contributed by atoms with Crippen LogP contribution in [0.3, 0.4) is 0 Å². The third kappa shape index (κ3) is 3.96. The van der Waals surface area contributed by atoms with Gasteiger partial charge in [0, 0.05) is 20.6 Å². The van der Waals surface area contributed by atoms with E-state index in [1.54, 1.807) is 0 Å². The van der Waals surface area contributed by atoms with Crippen LogP contribution in [0.2, 0.25) is 0 Å². The molecular formula is C15H20BrN3OS. The van der Waals surface area contributed by atoms with E-state index in [1.807, 2.05) is 39.2 Å². The van der Waals surface area contributed by atoms with Crippen LogP contribution in [-0.4, -0.2) is 37.5 Å². The summed E-state index contributed by atoms with van der Waals surface area (Å²) in [5, 5.41) is 3.95. The van der Waals surface area contributed by atoms with Gasteiger partial charge in [0.05, 0.1) is 5.69 Å². The Balaban J connectivity index is 2.14. The molecule has 21 heavy (non-hydrogen) atoms. The van der Waals surface area contributed by atoms with E-state index in [0.717, 1.165) is 27.5 Å². The molecule has 1 aromatic carbocycles. The van der Waals surface area contributed by atoms with Crippen LogP contribution in [0.1, 0.15) is 23.0 Å². The summed E-state index contributed by atoms with van der Waals surface area (Å²) in [5.74, 6) is -0.0870. The van der Waals surface area contributed by atoms with Crippen LogP contribution >= 0.6 is 27.3 Å². The summed E-state index contributed by atoms with van der Waals surface area (Å²) in [6.45, 7) is 2.96. The molecule has 6 heteroatoms. The Hall–Kier alpha value is -1.11. The van der Waals surface area contributed by atoms with Crippen molar-refractivity contribution in [3.05, 3.63) is 27.5 Å². The van der Waals surface area contributed by atoms with E-state index in [-0.39, 0.29) is 11.9 Å². The van der Waals surface area contributed by atoms with Crippen LogP contribution in [-0.2, 0) is 0 Å². The number of rotatable bonds is 5. The molecule has 1 unspecified atom stereocenters. The van der Waals surface area contributed by atoms with E-state index >= 15 is 0 Å². The number of carbonyl (C=O) groups is 1. The molecule has 1 atom stereocenters. The van der Waals surface area contributed by atoms with Crippen molar-refractivity contribution in [3.8, 4) is 0 Å². The lowest BCUT2D eigenvalue weighted by Crippen LogP contribution is -2.34. The Morgan fingerprint density at radius 3 is 2.86 bits per heavy atom. The maximum absolute atomic E-state index is 12.4. The van der Waals surface area contributed by atoms with Gasteiger partial charge >= 0.3 is 0 Å². The molecule has 0 saturated carbocycles. The maximum Gasteiger partial charge on any atom is 0.263 e. The van der Waals surface area contributed by atoms with Crippen molar-refractivity contribution in [2.75, 3.05) is 26.4 Å². The summed E-state index contributed by atoms with van der Waals surface area (Å²) < 4.78 is 1.99. The molecule has 0 saturated heterocycles. The first-order valence-electron chi connectivity index (χ1n) is 6.81. The number of hydrogen-bond acceptors (Lipinski definition) is 4. The van der Waals surface area contributed by atoms with Crippen molar-refractivity contribution in [1.82, 2.24) is 10.2 Å². The molecule has 0 radical (unpaired) electrons. The highest BCUT2D eigenvalue weighted by Gasteiger charge is 2.18. The van der Waals surface area contributed by atoms with E-state index in [4.69, 9.17) is 5.73 Å². The van der Waals surface area contributed by atoms with Crippen LogP contribution in [0.15, 0.2) is 22.7 Å². The van der Waals surface area contributed by atoms with Gasteiger partial charge < -0.3 is 16.0 Å². The zero-order valence-corrected chi connectivity index (χ0v) is 14.8. The number of carbonyl (C=O) groups excluding carboxylic acids is 1. The fraction of sp³-hybridized carbons (Fsp3) is 0.400. The Kier molecular flexibility index (Phi) is 5.24. The number of fused-ring (bicyclic) bond motifs is 1. The summed E-state index contributed by atoms with van der Waals surface area (Å²) in [4.78, 5) is 15.1. The predicted molar refractivity (Wildman–Crippen MR) is 94.0 cm³/mol. The second kappa shape index (κ2) is 6.77. The molecule has 1 amide bonds. The number of halogens is 1. The highest BCUT2D eigenvalue weighted by molar-refractivity contribution is 9.10. The third-order valence-corrected chi connectivity index (χ3v) is 4.96. The Labute approximate surface area is 137 Å². The van der Waals surface area contributed by atoms with Crippen LogP contribution in [0.4, 0.5) is 5.69 Å². The fourth-order valence-corrected chi connectivity index (χ4v) is 3.44. The maximum atomic E-state index is 12.4. The van der Waals surface area contributed by atoms with Crippen molar-refractivity contribution in [2.24, 2.45) is 0 Å². The van der Waals surface area contributed by atoms with Gasteiger partial charge in [-0.3, -0.25) is 4.79 Å². The molecule has 0 aliphatic heterocycles. The van der Waals surface area contributed by atoms with Gasteiger partial charge in [0.15, 0.2) is 0 Å². The summed E-state index contributed by atoms with van der Waals surface area (Å²) in [6.07, 6.45) is 0.912. The SMILES string of the molecule is CC(CCN(C)C)NC(=O)c1sc2ccc(Br)cc2c1N. The van der Waals surface area contributed by atoms with Crippen molar-refractivity contribution in [3.63, 3.8) is 0 Å². The lowest BCUT2D eigenvalue weighted by atomic mass is 10.2. The second-order valence-electron chi connectivity index (χ2n) is 5.45. The van der Waals surface area contributed by atoms with Gasteiger partial charge in [-0.05, 0) is 52.2 Å². The van der Waals surface area contributed by atoms with E-state index in [9.17, 15) is 4.79 Å². The van der Waals surface area contributed by atoms with Gasteiger partial charge in [-0.25, -0.2) is 0 Å². The first-order valence-corrected chi connectivity index (χ1v) is 8.42. The van der Waals surface area contributed by atoms with Crippen molar-refractivity contribution >= 4 is 48.9 Å². The van der Waals surface area contributed by atoms with Gasteiger partial charge in [-0.15, -0.1) is 11.3 Å². The topological polar surface area (TPSA) is 58.4 Å². The number of nitrogen functional groups attached to an aromatic ring is 1. The summed E-state index contributed by atoms with van der Waals surface area (Å²) in [5.41, 5.74) is 6.69. The lowest BCUT2D eigenvalue weighted by molar-refractivity contribution is 0.0942. The average Bonchev–Trinajstić information content (AvgIpc) is 2.74. The van der Waals surface area contributed by atoms with Crippen LogP contribution in [0.5, 0.6) is 0 Å². The Morgan fingerprint density at radius 1 is 1.48 bits per heavy atom. The van der Waals surface area contributed by atoms with Crippen LogP contribution in [0.25, 0.3) is 10.1 Å². The normalized spacial score (nSPS) is 12.8. The van der Waals surface area contributed by atoms with Crippen molar-refractivity contribution in [2.45, 2.75) is 19.4 Å². The lowest BCUT2D eigenvalue weighted by Gasteiger charge is -2.16. The van der Waals surface area contributed by atoms with Gasteiger partial charge in [0.25, 0.3) is 5.91 Å². The molecule has 2 rings (SSSR count). The number of anilines is 1. The molecule has 0 fully saturated rings. The minimum atomic E-state index is -0.0870. The highest BCUT2D eigenvalue weighted by atomic mass is 79.9. The molecule has 3 N–H and O–H groups in total. The van der Waals surface area contributed by atoms with Gasteiger partial charge in [0.1, 0.15) is 4.88 Å². The molecule has 0 aliphatic carbocycles. The molecule has 1 aromatic heterocycles. The zero-order chi connectivity index (χ0) is 15.6.